The Labute approximate surface area is 124 Å². The Balaban J connectivity index is 2.29. The smallest absolute Gasteiger partial charge is 0.326 e. The Kier molecular flexibility index (Phi) is 4.20. The van der Waals surface area contributed by atoms with E-state index in [4.69, 9.17) is 5.11 Å². The molecule has 1 N–H and O–H groups in total. The van der Waals surface area contributed by atoms with Gasteiger partial charge in [0, 0.05) is 7.05 Å². The second-order valence-corrected chi connectivity index (χ2v) is 6.29. The number of carbonyl (C=O) groups excluding carboxylic acids is 1. The molecule has 5 nitrogen and oxygen atoms in total. The maximum atomic E-state index is 12.3. The predicted octanol–water partition coefficient (Wildman–Crippen LogP) is 2.73. The van der Waals surface area contributed by atoms with E-state index in [0.717, 1.165) is 9.88 Å². The molecule has 2 heterocycles. The third kappa shape index (κ3) is 2.73. The van der Waals surface area contributed by atoms with Crippen LogP contribution in [-0.4, -0.2) is 40.0 Å². The number of carboxylic acid groups (broad SMARTS) is 1. The Hall–Kier alpha value is -1.73. The first kappa shape index (κ1) is 14.7. The number of amides is 1. The minimum atomic E-state index is -1.03. The van der Waals surface area contributed by atoms with Gasteiger partial charge in [0.1, 0.15) is 15.9 Å². The quantitative estimate of drug-likeness (QED) is 0.942. The minimum absolute atomic E-state index is 0.308. The third-order valence-electron chi connectivity index (χ3n) is 2.98. The molecule has 0 aliphatic rings. The van der Waals surface area contributed by atoms with Gasteiger partial charge in [0.15, 0.2) is 0 Å². The first-order valence-corrected chi connectivity index (χ1v) is 7.62. The number of aryl methyl sites for hydroxylation is 1. The zero-order valence-electron chi connectivity index (χ0n) is 11.3. The number of hydrogen-bond donors (Lipinski definition) is 1. The molecule has 0 aromatic carbocycles. The fraction of sp³-hybridized carbons (Fsp3) is 0.308. The van der Waals surface area contributed by atoms with Gasteiger partial charge in [-0.3, -0.25) is 4.79 Å². The average Bonchev–Trinajstić information content (AvgIpc) is 3.04. The lowest BCUT2D eigenvalue weighted by atomic mass is 10.2. The SMILES string of the molecule is Cc1nc(-c2cccs2)sc1C(=O)N(C)C(C)C(=O)O. The molecule has 1 amide bonds. The van der Waals surface area contributed by atoms with Gasteiger partial charge in [-0.2, -0.15) is 0 Å². The van der Waals surface area contributed by atoms with Crippen LogP contribution in [0.25, 0.3) is 9.88 Å². The van der Waals surface area contributed by atoms with Gasteiger partial charge in [-0.15, -0.1) is 22.7 Å². The minimum Gasteiger partial charge on any atom is -0.480 e. The number of thiazole rings is 1. The van der Waals surface area contributed by atoms with E-state index in [0.29, 0.717) is 10.6 Å². The molecule has 0 bridgehead atoms. The number of aromatic nitrogens is 1. The van der Waals surface area contributed by atoms with Crippen molar-refractivity contribution in [1.29, 1.82) is 0 Å². The number of carboxylic acids is 1. The van der Waals surface area contributed by atoms with Gasteiger partial charge in [0.05, 0.1) is 10.6 Å². The fourth-order valence-corrected chi connectivity index (χ4v) is 3.45. The molecule has 0 aliphatic carbocycles. The highest BCUT2D eigenvalue weighted by molar-refractivity contribution is 7.22. The van der Waals surface area contributed by atoms with Crippen molar-refractivity contribution >= 4 is 34.6 Å². The molecule has 2 rings (SSSR count). The summed E-state index contributed by atoms with van der Waals surface area (Å²) in [6, 6.07) is 3.01. The van der Waals surface area contributed by atoms with Crippen LogP contribution >= 0.6 is 22.7 Å². The van der Waals surface area contributed by atoms with E-state index in [2.05, 4.69) is 4.98 Å². The van der Waals surface area contributed by atoms with Crippen molar-refractivity contribution in [3.63, 3.8) is 0 Å². The van der Waals surface area contributed by atoms with Crippen LogP contribution in [0.4, 0.5) is 0 Å². The zero-order chi connectivity index (χ0) is 14.9. The summed E-state index contributed by atoms with van der Waals surface area (Å²) in [6.45, 7) is 3.25. The van der Waals surface area contributed by atoms with Gasteiger partial charge in [-0.25, -0.2) is 9.78 Å². The predicted molar refractivity (Wildman–Crippen MR) is 79.4 cm³/mol. The molecule has 0 saturated heterocycles. The molecular formula is C13H14N2O3S2. The number of aliphatic carboxylic acids is 1. The average molecular weight is 310 g/mol. The van der Waals surface area contributed by atoms with Crippen LogP contribution in [0.3, 0.4) is 0 Å². The molecule has 0 radical (unpaired) electrons. The van der Waals surface area contributed by atoms with Gasteiger partial charge < -0.3 is 10.0 Å². The van der Waals surface area contributed by atoms with Crippen LogP contribution in [0.1, 0.15) is 22.3 Å². The van der Waals surface area contributed by atoms with Crippen LogP contribution in [0.5, 0.6) is 0 Å². The Morgan fingerprint density at radius 3 is 2.70 bits per heavy atom. The number of thiophene rings is 1. The molecule has 1 unspecified atom stereocenters. The highest BCUT2D eigenvalue weighted by Crippen LogP contribution is 2.31. The zero-order valence-corrected chi connectivity index (χ0v) is 12.9. The second-order valence-electron chi connectivity index (χ2n) is 4.34. The summed E-state index contributed by atoms with van der Waals surface area (Å²) >= 11 is 2.86. The lowest BCUT2D eigenvalue weighted by Gasteiger charge is -2.20. The highest BCUT2D eigenvalue weighted by atomic mass is 32.1. The maximum absolute atomic E-state index is 12.3. The number of nitrogens with zero attached hydrogens (tertiary/aromatic N) is 2. The van der Waals surface area contributed by atoms with Crippen molar-refractivity contribution in [1.82, 2.24) is 9.88 Å². The molecule has 2 aromatic rings. The molecule has 0 spiro atoms. The van der Waals surface area contributed by atoms with Crippen LogP contribution in [-0.2, 0) is 4.79 Å². The molecule has 0 fully saturated rings. The standard InChI is InChI=1S/C13H14N2O3S2/c1-7-10(12(16)15(3)8(2)13(17)18)20-11(14-7)9-5-4-6-19-9/h4-6,8H,1-3H3,(H,17,18). The van der Waals surface area contributed by atoms with Crippen molar-refractivity contribution in [3.8, 4) is 9.88 Å². The van der Waals surface area contributed by atoms with Crippen LogP contribution in [0.15, 0.2) is 17.5 Å². The van der Waals surface area contributed by atoms with Crippen molar-refractivity contribution in [2.75, 3.05) is 7.05 Å². The number of hydrogen-bond acceptors (Lipinski definition) is 5. The van der Waals surface area contributed by atoms with E-state index in [1.54, 1.807) is 18.3 Å². The number of carbonyl (C=O) groups is 2. The van der Waals surface area contributed by atoms with Gasteiger partial charge in [-0.1, -0.05) is 6.07 Å². The molecule has 2 aromatic heterocycles. The highest BCUT2D eigenvalue weighted by Gasteiger charge is 2.26. The monoisotopic (exact) mass is 310 g/mol. The molecule has 1 atom stereocenters. The fourth-order valence-electron chi connectivity index (χ4n) is 1.60. The number of likely N-dealkylation sites (N-methyl/N-ethyl adjacent to an activating group) is 1. The van der Waals surface area contributed by atoms with E-state index < -0.39 is 12.0 Å². The Bertz CT molecular complexity index is 634. The molecule has 0 aliphatic heterocycles. The molecule has 0 saturated carbocycles. The normalized spacial score (nSPS) is 12.2. The summed E-state index contributed by atoms with van der Waals surface area (Å²) < 4.78 is 0. The van der Waals surface area contributed by atoms with Gasteiger partial charge in [0.2, 0.25) is 0 Å². The van der Waals surface area contributed by atoms with Crippen molar-refractivity contribution in [2.24, 2.45) is 0 Å². The Morgan fingerprint density at radius 2 is 2.15 bits per heavy atom. The van der Waals surface area contributed by atoms with Crippen molar-refractivity contribution < 1.29 is 14.7 Å². The third-order valence-corrected chi connectivity index (χ3v) is 5.17. The van der Waals surface area contributed by atoms with Gasteiger partial charge >= 0.3 is 5.97 Å². The first-order chi connectivity index (χ1) is 9.41. The summed E-state index contributed by atoms with van der Waals surface area (Å²) in [5.41, 5.74) is 0.632. The molecule has 106 valence electrons. The van der Waals surface area contributed by atoms with E-state index >= 15 is 0 Å². The largest absolute Gasteiger partial charge is 0.480 e. The second kappa shape index (κ2) is 5.72. The first-order valence-electron chi connectivity index (χ1n) is 5.93. The van der Waals surface area contributed by atoms with Crippen LogP contribution in [0, 0.1) is 6.92 Å². The topological polar surface area (TPSA) is 70.5 Å². The van der Waals surface area contributed by atoms with E-state index in [1.807, 2.05) is 17.5 Å². The number of rotatable bonds is 4. The van der Waals surface area contributed by atoms with E-state index in [9.17, 15) is 9.59 Å². The molecular weight excluding hydrogens is 296 g/mol. The summed E-state index contributed by atoms with van der Waals surface area (Å²) in [5.74, 6) is -1.33. The lowest BCUT2D eigenvalue weighted by molar-refractivity contribution is -0.141. The van der Waals surface area contributed by atoms with Crippen molar-refractivity contribution in [2.45, 2.75) is 19.9 Å². The van der Waals surface area contributed by atoms with Gasteiger partial charge in [0.25, 0.3) is 5.91 Å². The summed E-state index contributed by atoms with van der Waals surface area (Å²) in [6.07, 6.45) is 0. The van der Waals surface area contributed by atoms with Crippen LogP contribution in [0.2, 0.25) is 0 Å². The van der Waals surface area contributed by atoms with Crippen molar-refractivity contribution in [3.05, 3.63) is 28.1 Å². The Morgan fingerprint density at radius 1 is 1.45 bits per heavy atom. The molecule has 7 heteroatoms. The lowest BCUT2D eigenvalue weighted by Crippen LogP contribution is -2.40. The van der Waals surface area contributed by atoms with Gasteiger partial charge in [-0.05, 0) is 25.3 Å². The summed E-state index contributed by atoms with van der Waals surface area (Å²) in [4.78, 5) is 30.4. The summed E-state index contributed by atoms with van der Waals surface area (Å²) in [7, 11) is 1.49. The summed E-state index contributed by atoms with van der Waals surface area (Å²) in [5, 5.41) is 11.7. The molecule has 20 heavy (non-hydrogen) atoms. The maximum Gasteiger partial charge on any atom is 0.326 e. The van der Waals surface area contributed by atoms with E-state index in [-0.39, 0.29) is 5.91 Å². The van der Waals surface area contributed by atoms with Crippen LogP contribution < -0.4 is 0 Å². The van der Waals surface area contributed by atoms with E-state index in [1.165, 1.54) is 30.2 Å².